The lowest BCUT2D eigenvalue weighted by Gasteiger charge is -2.36. The van der Waals surface area contributed by atoms with Crippen LogP contribution in [-0.4, -0.2) is 55.1 Å². The molecule has 3 rings (SSSR count). The number of aryl methyl sites for hydroxylation is 2. The molecule has 1 aromatic carbocycles. The van der Waals surface area contributed by atoms with Crippen molar-refractivity contribution in [3.05, 3.63) is 34.9 Å². The van der Waals surface area contributed by atoms with Crippen LogP contribution in [0, 0.1) is 19.8 Å². The molecule has 0 aromatic heterocycles. The van der Waals surface area contributed by atoms with Crippen LogP contribution in [0.25, 0.3) is 0 Å². The molecule has 2 saturated heterocycles. The van der Waals surface area contributed by atoms with Gasteiger partial charge in [0.25, 0.3) is 0 Å². The van der Waals surface area contributed by atoms with Crippen LogP contribution >= 0.6 is 0 Å². The maximum Gasteiger partial charge on any atom is 0.227 e. The van der Waals surface area contributed by atoms with E-state index in [1.54, 1.807) is 0 Å². The smallest absolute Gasteiger partial charge is 0.227 e. The highest BCUT2D eigenvalue weighted by molar-refractivity contribution is 5.79. The molecule has 4 heteroatoms. The molecule has 0 N–H and O–H groups in total. The first-order chi connectivity index (χ1) is 11.1. The van der Waals surface area contributed by atoms with Crippen molar-refractivity contribution in [1.82, 2.24) is 9.80 Å². The molecule has 2 fully saturated rings. The number of hydrogen-bond donors (Lipinski definition) is 0. The first-order valence-corrected chi connectivity index (χ1v) is 8.78. The molecule has 1 aromatic rings. The van der Waals surface area contributed by atoms with E-state index >= 15 is 0 Å². The molecule has 4 nitrogen and oxygen atoms in total. The zero-order valence-electron chi connectivity index (χ0n) is 14.4. The van der Waals surface area contributed by atoms with E-state index in [2.05, 4.69) is 36.9 Å². The summed E-state index contributed by atoms with van der Waals surface area (Å²) in [4.78, 5) is 17.1. The zero-order valence-corrected chi connectivity index (χ0v) is 14.4. The number of carbonyl (C=O) groups is 1. The second-order valence-electron chi connectivity index (χ2n) is 7.01. The molecule has 2 aliphatic rings. The fourth-order valence-corrected chi connectivity index (χ4v) is 3.86. The van der Waals surface area contributed by atoms with Crippen molar-refractivity contribution in [3.8, 4) is 0 Å². The third kappa shape index (κ3) is 4.33. The summed E-state index contributed by atoms with van der Waals surface area (Å²) in [5.41, 5.74) is 4.00. The van der Waals surface area contributed by atoms with Crippen LogP contribution in [0.3, 0.4) is 0 Å². The molecule has 2 aliphatic heterocycles. The Morgan fingerprint density at radius 3 is 2.52 bits per heavy atom. The standard InChI is InChI=1S/C19H28N2O2/c1-15-10-16(2)12-17(11-15)13-20-5-3-4-18(14-20)19(22)21-6-8-23-9-7-21/h10-12,18H,3-9,13-14H2,1-2H3. The molecule has 2 heterocycles. The van der Waals surface area contributed by atoms with Crippen LogP contribution in [0.4, 0.5) is 0 Å². The quantitative estimate of drug-likeness (QED) is 0.858. The highest BCUT2D eigenvalue weighted by Crippen LogP contribution is 2.22. The fraction of sp³-hybridized carbons (Fsp3) is 0.632. The molecular formula is C19H28N2O2. The number of ether oxygens (including phenoxy) is 1. The molecule has 0 spiro atoms. The second kappa shape index (κ2) is 7.45. The molecular weight excluding hydrogens is 288 g/mol. The molecule has 0 aliphatic carbocycles. The predicted molar refractivity (Wildman–Crippen MR) is 91.3 cm³/mol. The van der Waals surface area contributed by atoms with Gasteiger partial charge >= 0.3 is 0 Å². The van der Waals surface area contributed by atoms with Crippen molar-refractivity contribution in [2.75, 3.05) is 39.4 Å². The van der Waals surface area contributed by atoms with Crippen LogP contribution in [0.15, 0.2) is 18.2 Å². The summed E-state index contributed by atoms with van der Waals surface area (Å²) in [6.07, 6.45) is 2.14. The third-order valence-electron chi connectivity index (χ3n) is 4.87. The van der Waals surface area contributed by atoms with Gasteiger partial charge in [-0.1, -0.05) is 29.3 Å². The minimum absolute atomic E-state index is 0.160. The van der Waals surface area contributed by atoms with Crippen LogP contribution in [0.2, 0.25) is 0 Å². The predicted octanol–water partition coefficient (Wildman–Crippen LogP) is 2.37. The van der Waals surface area contributed by atoms with Crippen molar-refractivity contribution in [1.29, 1.82) is 0 Å². The molecule has 0 radical (unpaired) electrons. The van der Waals surface area contributed by atoms with Gasteiger partial charge in [0.05, 0.1) is 19.1 Å². The van der Waals surface area contributed by atoms with Gasteiger partial charge in [0.1, 0.15) is 0 Å². The minimum atomic E-state index is 0.160. The zero-order chi connectivity index (χ0) is 16.2. The largest absolute Gasteiger partial charge is 0.378 e. The lowest BCUT2D eigenvalue weighted by atomic mass is 9.95. The molecule has 1 atom stereocenters. The van der Waals surface area contributed by atoms with Crippen LogP contribution < -0.4 is 0 Å². The van der Waals surface area contributed by atoms with Crippen molar-refractivity contribution in [2.45, 2.75) is 33.2 Å². The highest BCUT2D eigenvalue weighted by Gasteiger charge is 2.30. The number of piperidine rings is 1. The molecule has 1 amide bonds. The monoisotopic (exact) mass is 316 g/mol. The Morgan fingerprint density at radius 1 is 1.13 bits per heavy atom. The van der Waals surface area contributed by atoms with E-state index in [4.69, 9.17) is 4.74 Å². The third-order valence-corrected chi connectivity index (χ3v) is 4.87. The molecule has 0 saturated carbocycles. The average molecular weight is 316 g/mol. The normalized spacial score (nSPS) is 23.0. The Kier molecular flexibility index (Phi) is 5.34. The summed E-state index contributed by atoms with van der Waals surface area (Å²) in [5.74, 6) is 0.492. The molecule has 126 valence electrons. The minimum Gasteiger partial charge on any atom is -0.378 e. The highest BCUT2D eigenvalue weighted by atomic mass is 16.5. The van der Waals surface area contributed by atoms with Gasteiger partial charge in [-0.2, -0.15) is 0 Å². The molecule has 0 bridgehead atoms. The van der Waals surface area contributed by atoms with Gasteiger partial charge in [-0.05, 0) is 38.8 Å². The van der Waals surface area contributed by atoms with Crippen molar-refractivity contribution < 1.29 is 9.53 Å². The molecule has 1 unspecified atom stereocenters. The van der Waals surface area contributed by atoms with Crippen molar-refractivity contribution in [3.63, 3.8) is 0 Å². The number of likely N-dealkylation sites (tertiary alicyclic amines) is 1. The van der Waals surface area contributed by atoms with E-state index < -0.39 is 0 Å². The van der Waals surface area contributed by atoms with Gasteiger partial charge in [-0.25, -0.2) is 0 Å². The number of nitrogens with zero attached hydrogens (tertiary/aromatic N) is 2. The fourth-order valence-electron chi connectivity index (χ4n) is 3.86. The van der Waals surface area contributed by atoms with Gasteiger partial charge in [0.2, 0.25) is 5.91 Å². The lowest BCUT2D eigenvalue weighted by Crippen LogP contribution is -2.48. The second-order valence-corrected chi connectivity index (χ2v) is 7.01. The van der Waals surface area contributed by atoms with Gasteiger partial charge in [-0.3, -0.25) is 9.69 Å². The number of benzene rings is 1. The average Bonchev–Trinajstić information content (AvgIpc) is 2.54. The Hall–Kier alpha value is -1.39. The van der Waals surface area contributed by atoms with Gasteiger partial charge in [0.15, 0.2) is 0 Å². The first kappa shape index (κ1) is 16.5. The summed E-state index contributed by atoms with van der Waals surface area (Å²) >= 11 is 0. The number of rotatable bonds is 3. The number of hydrogen-bond acceptors (Lipinski definition) is 3. The maximum atomic E-state index is 12.7. The summed E-state index contributed by atoms with van der Waals surface area (Å²) in [7, 11) is 0. The Morgan fingerprint density at radius 2 is 1.83 bits per heavy atom. The summed E-state index contributed by atoms with van der Waals surface area (Å²) in [5, 5.41) is 0. The number of carbonyl (C=O) groups excluding carboxylic acids is 1. The van der Waals surface area contributed by atoms with E-state index in [-0.39, 0.29) is 5.92 Å². The van der Waals surface area contributed by atoms with E-state index in [0.717, 1.165) is 45.6 Å². The lowest BCUT2D eigenvalue weighted by molar-refractivity contribution is -0.141. The maximum absolute atomic E-state index is 12.7. The van der Waals surface area contributed by atoms with Gasteiger partial charge < -0.3 is 9.64 Å². The molecule has 23 heavy (non-hydrogen) atoms. The van der Waals surface area contributed by atoms with E-state index in [9.17, 15) is 4.79 Å². The number of morpholine rings is 1. The summed E-state index contributed by atoms with van der Waals surface area (Å²) in [6.45, 7) is 10.1. The van der Waals surface area contributed by atoms with E-state index in [1.807, 2.05) is 4.90 Å². The van der Waals surface area contributed by atoms with E-state index in [1.165, 1.54) is 16.7 Å². The van der Waals surface area contributed by atoms with Gasteiger partial charge in [-0.15, -0.1) is 0 Å². The van der Waals surface area contributed by atoms with Gasteiger partial charge in [0, 0.05) is 26.2 Å². The SMILES string of the molecule is Cc1cc(C)cc(CN2CCCC(C(=O)N3CCOCC3)C2)c1. The number of amides is 1. The first-order valence-electron chi connectivity index (χ1n) is 8.78. The Bertz CT molecular complexity index is 532. The summed E-state index contributed by atoms with van der Waals surface area (Å²) < 4.78 is 5.36. The Balaban J connectivity index is 1.60. The Labute approximate surface area is 139 Å². The van der Waals surface area contributed by atoms with Crippen LogP contribution in [0.5, 0.6) is 0 Å². The van der Waals surface area contributed by atoms with Crippen LogP contribution in [0.1, 0.15) is 29.5 Å². The van der Waals surface area contributed by atoms with E-state index in [0.29, 0.717) is 19.1 Å². The topological polar surface area (TPSA) is 32.8 Å². The van der Waals surface area contributed by atoms with Crippen LogP contribution in [-0.2, 0) is 16.1 Å². The summed E-state index contributed by atoms with van der Waals surface area (Å²) in [6, 6.07) is 6.74. The van der Waals surface area contributed by atoms with Crippen molar-refractivity contribution >= 4 is 5.91 Å². The van der Waals surface area contributed by atoms with Crippen molar-refractivity contribution in [2.24, 2.45) is 5.92 Å².